The minimum Gasteiger partial charge on any atom is -0.363 e. The average Bonchev–Trinajstić information content (AvgIpc) is 2.36. The van der Waals surface area contributed by atoms with Gasteiger partial charge in [0.15, 0.2) is 0 Å². The van der Waals surface area contributed by atoms with E-state index in [0.29, 0.717) is 4.47 Å². The molecule has 1 heterocycles. The second kappa shape index (κ2) is 5.54. The predicted octanol–water partition coefficient (Wildman–Crippen LogP) is 2.26. The lowest BCUT2D eigenvalue weighted by Crippen LogP contribution is -2.72. The number of Topliss-reactive ketones (excluding diaryl/α,β-unsaturated/α-hetero) is 1. The number of nitrogens with one attached hydrogen (secondary N) is 2. The maximum absolute atomic E-state index is 13.2. The van der Waals surface area contributed by atoms with Crippen LogP contribution in [0.1, 0.15) is 18.5 Å². The smallest absolute Gasteiger partial charge is 0.363 e. The summed E-state index contributed by atoms with van der Waals surface area (Å²) in [4.78, 5) is 23.3. The number of rotatable bonds is 2. The molecule has 1 aliphatic rings. The number of aliphatic hydroxyl groups is 1. The quantitative estimate of drug-likeness (QED) is 0.736. The summed E-state index contributed by atoms with van der Waals surface area (Å²) in [6.07, 6.45) is -5.20. The van der Waals surface area contributed by atoms with Crippen LogP contribution in [0.2, 0.25) is 0 Å². The molecule has 0 aliphatic carbocycles. The van der Waals surface area contributed by atoms with Gasteiger partial charge in [-0.05, 0) is 24.6 Å². The van der Waals surface area contributed by atoms with Crippen molar-refractivity contribution in [3.63, 3.8) is 0 Å². The van der Waals surface area contributed by atoms with E-state index in [1.807, 2.05) is 0 Å². The summed E-state index contributed by atoms with van der Waals surface area (Å²) in [6, 6.07) is 3.55. The Balaban J connectivity index is 2.54. The number of ketones is 1. The van der Waals surface area contributed by atoms with Crippen molar-refractivity contribution in [1.82, 2.24) is 10.6 Å². The van der Waals surface area contributed by atoms with Gasteiger partial charge in [0, 0.05) is 4.47 Å². The summed E-state index contributed by atoms with van der Waals surface area (Å²) in [7, 11) is 0. The fourth-order valence-corrected chi connectivity index (χ4v) is 2.74. The second-order valence-corrected chi connectivity index (χ2v) is 5.90. The molecule has 0 bridgehead atoms. The van der Waals surface area contributed by atoms with E-state index in [1.165, 1.54) is 17.4 Å². The van der Waals surface area contributed by atoms with Crippen LogP contribution in [0.3, 0.4) is 0 Å². The normalized spacial score (nSPS) is 28.7. The molecule has 2 amide bonds. The van der Waals surface area contributed by atoms with Gasteiger partial charge in [-0.15, -0.1) is 0 Å². The maximum Gasteiger partial charge on any atom is 0.437 e. The molecule has 120 valence electrons. The van der Waals surface area contributed by atoms with Gasteiger partial charge in [-0.25, -0.2) is 4.79 Å². The largest absolute Gasteiger partial charge is 0.437 e. The van der Waals surface area contributed by atoms with Crippen molar-refractivity contribution < 1.29 is 27.9 Å². The van der Waals surface area contributed by atoms with E-state index in [-0.39, 0.29) is 5.56 Å². The number of hydrogen-bond donors (Lipinski definition) is 3. The van der Waals surface area contributed by atoms with Gasteiger partial charge >= 0.3 is 12.2 Å². The van der Waals surface area contributed by atoms with E-state index in [2.05, 4.69) is 21.2 Å². The molecule has 0 spiro atoms. The van der Waals surface area contributed by atoms with Gasteiger partial charge in [-0.3, -0.25) is 4.79 Å². The molecule has 0 radical (unpaired) electrons. The van der Waals surface area contributed by atoms with Crippen LogP contribution < -0.4 is 10.6 Å². The minimum atomic E-state index is -5.20. The molecule has 2 rings (SSSR count). The summed E-state index contributed by atoms with van der Waals surface area (Å²) in [5.41, 5.74) is -3.35. The first kappa shape index (κ1) is 16.8. The van der Waals surface area contributed by atoms with Crippen LogP contribution in [0.5, 0.6) is 0 Å². The van der Waals surface area contributed by atoms with Crippen molar-refractivity contribution in [3.8, 4) is 0 Å². The number of amides is 2. The van der Waals surface area contributed by atoms with E-state index in [9.17, 15) is 27.9 Å². The number of urea groups is 1. The Hall–Kier alpha value is -1.61. The van der Waals surface area contributed by atoms with Crippen molar-refractivity contribution in [1.29, 1.82) is 0 Å². The summed E-state index contributed by atoms with van der Waals surface area (Å²) in [5, 5.41) is 13.7. The van der Waals surface area contributed by atoms with E-state index < -0.39 is 35.7 Å². The third-order valence-electron chi connectivity index (χ3n) is 3.47. The average molecular weight is 381 g/mol. The maximum atomic E-state index is 13.2. The molecule has 0 unspecified atom stereocenters. The Morgan fingerprint density at radius 2 is 1.86 bits per heavy atom. The van der Waals surface area contributed by atoms with Crippen LogP contribution in [0.4, 0.5) is 18.0 Å². The zero-order valence-electron chi connectivity index (χ0n) is 11.2. The summed E-state index contributed by atoms with van der Waals surface area (Å²) >= 11 is 3.18. The molecule has 22 heavy (non-hydrogen) atoms. The summed E-state index contributed by atoms with van der Waals surface area (Å²) in [6.45, 7) is 0.937. The molecule has 1 aliphatic heterocycles. The molecular formula is C13H12BrF3N2O3. The van der Waals surface area contributed by atoms with E-state index in [0.717, 1.165) is 6.92 Å². The third-order valence-corrected chi connectivity index (χ3v) is 4.00. The highest BCUT2D eigenvalue weighted by Gasteiger charge is 2.65. The Bertz CT molecular complexity index is 606. The van der Waals surface area contributed by atoms with Gasteiger partial charge in [-0.2, -0.15) is 13.2 Å². The van der Waals surface area contributed by atoms with Gasteiger partial charge in [0.2, 0.25) is 5.72 Å². The molecular weight excluding hydrogens is 369 g/mol. The molecule has 1 aromatic rings. The molecule has 0 aromatic heterocycles. The molecule has 3 atom stereocenters. The van der Waals surface area contributed by atoms with Crippen LogP contribution in [-0.2, 0) is 4.79 Å². The Kier molecular flexibility index (Phi) is 4.22. The Labute approximate surface area is 132 Å². The first-order chi connectivity index (χ1) is 10.1. The Morgan fingerprint density at radius 3 is 2.32 bits per heavy atom. The number of halogens is 4. The third kappa shape index (κ3) is 2.82. The van der Waals surface area contributed by atoms with Gasteiger partial charge in [0.25, 0.3) is 0 Å². The zero-order valence-corrected chi connectivity index (χ0v) is 12.8. The summed E-state index contributed by atoms with van der Waals surface area (Å²) < 4.78 is 40.3. The first-order valence-corrected chi connectivity index (χ1v) is 6.99. The van der Waals surface area contributed by atoms with Crippen molar-refractivity contribution in [2.24, 2.45) is 5.92 Å². The lowest BCUT2D eigenvalue weighted by molar-refractivity contribution is -0.290. The van der Waals surface area contributed by atoms with E-state index in [4.69, 9.17) is 0 Å². The minimum absolute atomic E-state index is 0.279. The molecule has 5 nitrogen and oxygen atoms in total. The fraction of sp³-hybridized carbons (Fsp3) is 0.385. The van der Waals surface area contributed by atoms with Gasteiger partial charge in [0.05, 0.1) is 12.0 Å². The molecule has 1 aromatic carbocycles. The molecule has 0 saturated carbocycles. The lowest BCUT2D eigenvalue weighted by atomic mass is 9.79. The second-order valence-electron chi connectivity index (χ2n) is 4.98. The lowest BCUT2D eigenvalue weighted by Gasteiger charge is -2.44. The van der Waals surface area contributed by atoms with Crippen LogP contribution >= 0.6 is 15.9 Å². The molecule has 1 fully saturated rings. The van der Waals surface area contributed by atoms with E-state index in [1.54, 1.807) is 12.1 Å². The summed E-state index contributed by atoms with van der Waals surface area (Å²) in [5.74, 6) is -2.81. The highest BCUT2D eigenvalue weighted by Crippen LogP contribution is 2.42. The zero-order chi connectivity index (χ0) is 16.7. The van der Waals surface area contributed by atoms with Crippen LogP contribution in [-0.4, -0.2) is 28.8 Å². The van der Waals surface area contributed by atoms with Gasteiger partial charge in [-0.1, -0.05) is 28.1 Å². The fourth-order valence-electron chi connectivity index (χ4n) is 2.47. The highest BCUT2D eigenvalue weighted by molar-refractivity contribution is 9.10. The molecule has 1 saturated heterocycles. The van der Waals surface area contributed by atoms with Crippen LogP contribution in [0.15, 0.2) is 28.7 Å². The van der Waals surface area contributed by atoms with Gasteiger partial charge in [0.1, 0.15) is 5.78 Å². The number of hydrogen-bond acceptors (Lipinski definition) is 3. The number of alkyl halides is 3. The van der Waals surface area contributed by atoms with Crippen molar-refractivity contribution in [3.05, 3.63) is 34.3 Å². The molecule has 3 N–H and O–H groups in total. The SMILES string of the molecule is CC(=O)[C@@H]1[C@H](c2ccc(Br)cc2)NC(=O)N[C@]1(O)C(F)(F)F. The van der Waals surface area contributed by atoms with Crippen molar-refractivity contribution >= 4 is 27.7 Å². The van der Waals surface area contributed by atoms with Crippen molar-refractivity contribution in [2.45, 2.75) is 24.9 Å². The molecule has 9 heteroatoms. The topological polar surface area (TPSA) is 78.4 Å². The first-order valence-electron chi connectivity index (χ1n) is 6.20. The monoisotopic (exact) mass is 380 g/mol. The van der Waals surface area contributed by atoms with E-state index >= 15 is 0 Å². The van der Waals surface area contributed by atoms with Crippen LogP contribution in [0.25, 0.3) is 0 Å². The predicted molar refractivity (Wildman–Crippen MR) is 73.7 cm³/mol. The Morgan fingerprint density at radius 1 is 1.32 bits per heavy atom. The number of carbonyl (C=O) groups excluding carboxylic acids is 2. The number of benzene rings is 1. The van der Waals surface area contributed by atoms with Crippen LogP contribution in [0, 0.1) is 5.92 Å². The van der Waals surface area contributed by atoms with Gasteiger partial charge < -0.3 is 15.7 Å². The standard InChI is InChI=1S/C13H12BrF3N2O3/c1-6(20)9-10(7-2-4-8(14)5-3-7)18-11(21)19-12(9,22)13(15,16)17/h2-5,9-10,22H,1H3,(H2,18,19,21)/t9-,10+,12-/m1/s1. The highest BCUT2D eigenvalue weighted by atomic mass is 79.9. The van der Waals surface area contributed by atoms with Crippen molar-refractivity contribution in [2.75, 3.05) is 0 Å². The number of carbonyl (C=O) groups is 2.